The number of nitrogens with two attached hydrogens (primary N) is 1. The Morgan fingerprint density at radius 2 is 2.07 bits per heavy atom. The molecule has 80 valence electrons. The van der Waals surface area contributed by atoms with E-state index in [0.717, 1.165) is 4.52 Å². The van der Waals surface area contributed by atoms with E-state index < -0.39 is 20.9 Å². The van der Waals surface area contributed by atoms with E-state index in [0.29, 0.717) is 5.82 Å². The number of nitrogens with one attached hydrogen (secondary N) is 1. The maximum Gasteiger partial charge on any atom is 0.350 e. The van der Waals surface area contributed by atoms with Crippen LogP contribution in [0.1, 0.15) is 5.82 Å². The van der Waals surface area contributed by atoms with Crippen molar-refractivity contribution in [2.75, 3.05) is 0 Å². The van der Waals surface area contributed by atoms with Crippen LogP contribution in [0.15, 0.2) is 9.95 Å². The Labute approximate surface area is 83.0 Å². The third-order valence-electron chi connectivity index (χ3n) is 1.57. The summed E-state index contributed by atoms with van der Waals surface area (Å²) in [4.78, 5) is 20.9. The van der Waals surface area contributed by atoms with Gasteiger partial charge in [-0.15, -0.1) is 9.61 Å². The number of aromatic amines is 1. The second kappa shape index (κ2) is 2.84. The Hall–Kier alpha value is -1.81. The Balaban J connectivity index is 2.89. The second-order valence-corrected chi connectivity index (χ2v) is 4.23. The Kier molecular flexibility index (Phi) is 1.84. The minimum Gasteiger partial charge on any atom is -0.294 e. The first-order chi connectivity index (χ1) is 6.88. The van der Waals surface area contributed by atoms with Gasteiger partial charge in [-0.05, 0) is 6.92 Å². The second-order valence-electron chi connectivity index (χ2n) is 2.78. The molecular formula is C5H6N6O3S. The number of aryl methyl sites for hydroxylation is 1. The summed E-state index contributed by atoms with van der Waals surface area (Å²) < 4.78 is 22.5. The van der Waals surface area contributed by atoms with Gasteiger partial charge in [0.1, 0.15) is 5.82 Å². The molecule has 2 rings (SSSR count). The molecule has 10 heteroatoms. The van der Waals surface area contributed by atoms with Gasteiger partial charge < -0.3 is 0 Å². The van der Waals surface area contributed by atoms with Crippen molar-refractivity contribution in [1.29, 1.82) is 0 Å². The fourth-order valence-corrected chi connectivity index (χ4v) is 1.40. The van der Waals surface area contributed by atoms with Crippen molar-refractivity contribution < 1.29 is 8.42 Å². The van der Waals surface area contributed by atoms with E-state index in [4.69, 9.17) is 5.14 Å². The number of rotatable bonds is 1. The fraction of sp³-hybridized carbons (Fsp3) is 0.200. The SMILES string of the molecule is Cc1nc2nc(S(N)(=O)=O)nn2c(=O)[nH]1. The molecule has 0 amide bonds. The summed E-state index contributed by atoms with van der Waals surface area (Å²) in [6.45, 7) is 1.53. The summed E-state index contributed by atoms with van der Waals surface area (Å²) in [5, 5.41) is 7.58. The van der Waals surface area contributed by atoms with Gasteiger partial charge in [-0.25, -0.2) is 18.4 Å². The first-order valence-electron chi connectivity index (χ1n) is 3.74. The van der Waals surface area contributed by atoms with Gasteiger partial charge in [-0.3, -0.25) is 4.98 Å². The molecule has 0 saturated heterocycles. The molecule has 0 aromatic carbocycles. The minimum absolute atomic E-state index is 0.111. The first kappa shape index (κ1) is 9.73. The summed E-state index contributed by atoms with van der Waals surface area (Å²) in [6.07, 6.45) is 0. The topological polar surface area (TPSA) is 136 Å². The van der Waals surface area contributed by atoms with Crippen LogP contribution in [-0.2, 0) is 10.0 Å². The van der Waals surface area contributed by atoms with E-state index in [2.05, 4.69) is 20.1 Å². The zero-order valence-corrected chi connectivity index (χ0v) is 8.32. The molecule has 2 aromatic rings. The lowest BCUT2D eigenvalue weighted by Crippen LogP contribution is -2.20. The van der Waals surface area contributed by atoms with Crippen molar-refractivity contribution in [3.05, 3.63) is 16.3 Å². The number of fused-ring (bicyclic) bond motifs is 1. The molecule has 3 N–H and O–H groups in total. The van der Waals surface area contributed by atoms with Gasteiger partial charge in [0.2, 0.25) is 0 Å². The highest BCUT2D eigenvalue weighted by atomic mass is 32.2. The van der Waals surface area contributed by atoms with Crippen molar-refractivity contribution in [2.45, 2.75) is 12.1 Å². The van der Waals surface area contributed by atoms with Crippen molar-refractivity contribution in [2.24, 2.45) is 5.14 Å². The van der Waals surface area contributed by atoms with Gasteiger partial charge in [0.15, 0.2) is 0 Å². The number of H-pyrrole nitrogens is 1. The minimum atomic E-state index is -4.03. The molecule has 0 fully saturated rings. The molecule has 15 heavy (non-hydrogen) atoms. The number of hydrogen-bond acceptors (Lipinski definition) is 6. The average molecular weight is 230 g/mol. The van der Waals surface area contributed by atoms with Crippen LogP contribution in [0.3, 0.4) is 0 Å². The molecule has 2 heterocycles. The lowest BCUT2D eigenvalue weighted by Gasteiger charge is -1.90. The van der Waals surface area contributed by atoms with E-state index in [9.17, 15) is 13.2 Å². The standard InChI is InChI=1S/C5H6N6O3S/c1-2-7-3-9-4(15(6,13)14)10-11(3)5(12)8-2/h1H3,(H2,6,13,14)(H,7,8,9,10,12). The Bertz CT molecular complexity index is 682. The molecule has 0 saturated carbocycles. The van der Waals surface area contributed by atoms with Gasteiger partial charge in [-0.1, -0.05) is 0 Å². The number of hydrogen-bond donors (Lipinski definition) is 2. The molecule has 9 nitrogen and oxygen atoms in total. The maximum atomic E-state index is 11.3. The van der Waals surface area contributed by atoms with E-state index in [-0.39, 0.29) is 5.78 Å². The first-order valence-corrected chi connectivity index (χ1v) is 5.29. The molecule has 0 spiro atoms. The van der Waals surface area contributed by atoms with Crippen molar-refractivity contribution in [3.63, 3.8) is 0 Å². The van der Waals surface area contributed by atoms with Crippen LogP contribution in [0.25, 0.3) is 5.78 Å². The average Bonchev–Trinajstić information content (AvgIpc) is 2.46. The van der Waals surface area contributed by atoms with Crippen LogP contribution in [-0.4, -0.2) is 33.0 Å². The zero-order valence-electron chi connectivity index (χ0n) is 7.50. The Morgan fingerprint density at radius 3 is 2.67 bits per heavy atom. The van der Waals surface area contributed by atoms with Crippen molar-refractivity contribution >= 4 is 15.8 Å². The monoisotopic (exact) mass is 230 g/mol. The molecule has 0 atom stereocenters. The van der Waals surface area contributed by atoms with E-state index in [1.807, 2.05) is 0 Å². The third kappa shape index (κ3) is 1.59. The van der Waals surface area contributed by atoms with Gasteiger partial charge in [-0.2, -0.15) is 9.97 Å². The predicted molar refractivity (Wildman–Crippen MR) is 47.5 cm³/mol. The molecule has 0 bridgehead atoms. The van der Waals surface area contributed by atoms with Crippen molar-refractivity contribution in [1.82, 2.24) is 24.6 Å². The van der Waals surface area contributed by atoms with E-state index in [1.165, 1.54) is 6.92 Å². The number of primary sulfonamides is 1. The highest BCUT2D eigenvalue weighted by Crippen LogP contribution is 1.99. The van der Waals surface area contributed by atoms with E-state index >= 15 is 0 Å². The molecule has 0 radical (unpaired) electrons. The largest absolute Gasteiger partial charge is 0.350 e. The van der Waals surface area contributed by atoms with Gasteiger partial charge in [0.05, 0.1) is 0 Å². The summed E-state index contributed by atoms with van der Waals surface area (Å²) >= 11 is 0. The molecule has 0 aliphatic heterocycles. The van der Waals surface area contributed by atoms with Crippen LogP contribution < -0.4 is 10.8 Å². The van der Waals surface area contributed by atoms with Crippen LogP contribution in [0, 0.1) is 6.92 Å². The Morgan fingerprint density at radius 1 is 1.40 bits per heavy atom. The predicted octanol–water partition coefficient (Wildman–Crippen LogP) is -2.23. The maximum absolute atomic E-state index is 11.3. The van der Waals surface area contributed by atoms with Gasteiger partial charge in [0.25, 0.3) is 21.0 Å². The third-order valence-corrected chi connectivity index (χ3v) is 2.25. The molecule has 2 aromatic heterocycles. The molecular weight excluding hydrogens is 224 g/mol. The zero-order chi connectivity index (χ0) is 11.2. The summed E-state index contributed by atoms with van der Waals surface area (Å²) in [6, 6.07) is 0. The smallest absolute Gasteiger partial charge is 0.294 e. The quantitative estimate of drug-likeness (QED) is 0.568. The summed E-state index contributed by atoms with van der Waals surface area (Å²) in [7, 11) is -4.03. The normalized spacial score (nSPS) is 12.1. The molecule has 0 aliphatic carbocycles. The number of aromatic nitrogens is 5. The number of nitrogens with zero attached hydrogens (tertiary/aromatic N) is 4. The lowest BCUT2D eigenvalue weighted by atomic mass is 10.7. The fourth-order valence-electron chi connectivity index (χ4n) is 1.00. The summed E-state index contributed by atoms with van der Waals surface area (Å²) in [5.74, 6) is 0.196. The lowest BCUT2D eigenvalue weighted by molar-refractivity contribution is 0.588. The van der Waals surface area contributed by atoms with Crippen molar-refractivity contribution in [3.8, 4) is 0 Å². The van der Waals surface area contributed by atoms with Crippen LogP contribution in [0.4, 0.5) is 0 Å². The van der Waals surface area contributed by atoms with Gasteiger partial charge in [0, 0.05) is 0 Å². The highest BCUT2D eigenvalue weighted by molar-refractivity contribution is 7.89. The van der Waals surface area contributed by atoms with Crippen LogP contribution >= 0.6 is 0 Å². The molecule has 0 aliphatic rings. The summed E-state index contributed by atoms with van der Waals surface area (Å²) in [5.41, 5.74) is -0.625. The van der Waals surface area contributed by atoms with Crippen LogP contribution in [0.5, 0.6) is 0 Å². The van der Waals surface area contributed by atoms with E-state index in [1.54, 1.807) is 0 Å². The van der Waals surface area contributed by atoms with Crippen LogP contribution in [0.2, 0.25) is 0 Å². The van der Waals surface area contributed by atoms with Gasteiger partial charge >= 0.3 is 5.69 Å². The number of sulfonamides is 1. The molecule has 0 unspecified atom stereocenters. The highest BCUT2D eigenvalue weighted by Gasteiger charge is 2.17.